The van der Waals surface area contributed by atoms with Crippen LogP contribution >= 0.6 is 0 Å². The van der Waals surface area contributed by atoms with Crippen LogP contribution in [0.5, 0.6) is 0 Å². The number of nitrogens with zero attached hydrogens (tertiary/aromatic N) is 6. The van der Waals surface area contributed by atoms with Crippen LogP contribution < -0.4 is 15.1 Å². The van der Waals surface area contributed by atoms with Crippen LogP contribution in [0.1, 0.15) is 40.1 Å². The summed E-state index contributed by atoms with van der Waals surface area (Å²) >= 11 is 0. The van der Waals surface area contributed by atoms with E-state index in [1.165, 1.54) is 0 Å². The number of hydrogen-bond donors (Lipinski definition) is 2. The van der Waals surface area contributed by atoms with E-state index in [0.29, 0.717) is 41.3 Å². The fraction of sp³-hybridized carbons (Fsp3) is 0.250. The maximum atomic E-state index is 11.7. The van der Waals surface area contributed by atoms with E-state index >= 15 is 0 Å². The molecular formula is C28H27N7O2. The summed E-state index contributed by atoms with van der Waals surface area (Å²) in [6.07, 6.45) is 1.79. The summed E-state index contributed by atoms with van der Waals surface area (Å²) in [6, 6.07) is 18.7. The summed E-state index contributed by atoms with van der Waals surface area (Å²) in [5.41, 5.74) is 4.24. The van der Waals surface area contributed by atoms with Gasteiger partial charge in [0.15, 0.2) is 11.5 Å². The van der Waals surface area contributed by atoms with Gasteiger partial charge in [-0.2, -0.15) is 5.26 Å². The minimum absolute atomic E-state index is 0.204. The number of aryl methyl sites for hydroxylation is 1. The quantitative estimate of drug-likeness (QED) is 0.403. The molecule has 2 aromatic carbocycles. The summed E-state index contributed by atoms with van der Waals surface area (Å²) in [4.78, 5) is 30.1. The molecule has 0 aliphatic carbocycles. The molecule has 1 aliphatic heterocycles. The lowest BCUT2D eigenvalue weighted by molar-refractivity contribution is 0.0698. The number of carboxylic acid groups (broad SMARTS) is 1. The van der Waals surface area contributed by atoms with E-state index in [1.807, 2.05) is 44.2 Å². The van der Waals surface area contributed by atoms with Gasteiger partial charge < -0.3 is 20.2 Å². The average molecular weight is 494 g/mol. The van der Waals surface area contributed by atoms with Gasteiger partial charge in [-0.25, -0.2) is 19.7 Å². The second-order valence-electron chi connectivity index (χ2n) is 9.11. The lowest BCUT2D eigenvalue weighted by Crippen LogP contribution is -2.47. The first-order chi connectivity index (χ1) is 17.9. The average Bonchev–Trinajstić information content (AvgIpc) is 2.92. The van der Waals surface area contributed by atoms with Crippen LogP contribution in [0, 0.1) is 18.3 Å². The number of aromatic nitrogens is 3. The minimum atomic E-state index is -0.991. The van der Waals surface area contributed by atoms with Crippen molar-refractivity contribution in [1.29, 1.82) is 5.26 Å². The van der Waals surface area contributed by atoms with Gasteiger partial charge in [-0.3, -0.25) is 0 Å². The van der Waals surface area contributed by atoms with Crippen LogP contribution in [0.15, 0.2) is 60.8 Å². The molecule has 1 atom stereocenters. The van der Waals surface area contributed by atoms with Crippen molar-refractivity contribution >= 4 is 34.3 Å². The Balaban J connectivity index is 1.48. The van der Waals surface area contributed by atoms with Crippen molar-refractivity contribution in [3.63, 3.8) is 0 Å². The number of nitriles is 1. The van der Waals surface area contributed by atoms with Gasteiger partial charge >= 0.3 is 5.97 Å². The van der Waals surface area contributed by atoms with E-state index in [4.69, 9.17) is 4.98 Å². The van der Waals surface area contributed by atoms with E-state index in [-0.39, 0.29) is 11.6 Å². The summed E-state index contributed by atoms with van der Waals surface area (Å²) in [7, 11) is 0. The molecule has 1 saturated heterocycles. The zero-order chi connectivity index (χ0) is 25.9. The number of pyridine rings is 1. The van der Waals surface area contributed by atoms with Crippen LogP contribution in [-0.2, 0) is 0 Å². The normalized spacial score (nSPS) is 14.3. The third-order valence-electron chi connectivity index (χ3n) is 6.58. The van der Waals surface area contributed by atoms with Gasteiger partial charge in [-0.15, -0.1) is 0 Å². The largest absolute Gasteiger partial charge is 0.478 e. The zero-order valence-corrected chi connectivity index (χ0v) is 20.7. The molecule has 5 rings (SSSR count). The summed E-state index contributed by atoms with van der Waals surface area (Å²) in [5, 5.41) is 22.8. The molecule has 0 spiro atoms. The number of benzene rings is 2. The van der Waals surface area contributed by atoms with Gasteiger partial charge in [-0.1, -0.05) is 24.3 Å². The number of nitrogens with one attached hydrogen (secondary N) is 1. The van der Waals surface area contributed by atoms with Crippen molar-refractivity contribution in [1.82, 2.24) is 15.0 Å². The number of fused-ring (bicyclic) bond motifs is 1. The number of aromatic carboxylic acids is 1. The number of carbonyl (C=O) groups is 1. The third kappa shape index (κ3) is 4.86. The first-order valence-electron chi connectivity index (χ1n) is 12.2. The molecule has 186 valence electrons. The highest BCUT2D eigenvalue weighted by Gasteiger charge is 2.24. The molecule has 0 unspecified atom stereocenters. The van der Waals surface area contributed by atoms with Crippen LogP contribution in [-0.4, -0.2) is 52.2 Å². The first kappa shape index (κ1) is 24.0. The summed E-state index contributed by atoms with van der Waals surface area (Å²) in [5.74, 6) is 0.514. The maximum absolute atomic E-state index is 11.7. The summed E-state index contributed by atoms with van der Waals surface area (Å²) in [6.45, 7) is 6.83. The van der Waals surface area contributed by atoms with E-state index < -0.39 is 5.97 Å². The highest BCUT2D eigenvalue weighted by Crippen LogP contribution is 2.31. The van der Waals surface area contributed by atoms with Gasteiger partial charge in [0, 0.05) is 43.6 Å². The topological polar surface area (TPSA) is 118 Å². The number of carboxylic acids is 1. The Morgan fingerprint density at radius 1 is 1.05 bits per heavy atom. The molecule has 1 aliphatic rings. The standard InChI is InChI=1S/C28H27N7O2/c1-18-15-21(19(2)31-22-8-4-3-7-20(22)28(36)37)26-23(16-18)32-24(17-29)27(33-26)35-13-11-34(12-14-35)25-9-5-6-10-30-25/h3-10,15-16,19,31H,11-14H2,1-2H3,(H,36,37)/t19-/m1/s1. The van der Waals surface area contributed by atoms with E-state index in [1.54, 1.807) is 30.5 Å². The van der Waals surface area contributed by atoms with Crippen LogP contribution in [0.2, 0.25) is 0 Å². The summed E-state index contributed by atoms with van der Waals surface area (Å²) < 4.78 is 0. The van der Waals surface area contributed by atoms with Gasteiger partial charge in [0.2, 0.25) is 0 Å². The Morgan fingerprint density at radius 2 is 1.78 bits per heavy atom. The van der Waals surface area contributed by atoms with Crippen molar-refractivity contribution in [3.8, 4) is 6.07 Å². The predicted octanol–water partition coefficient (Wildman–Crippen LogP) is 4.40. The van der Waals surface area contributed by atoms with Gasteiger partial charge in [0.1, 0.15) is 11.9 Å². The van der Waals surface area contributed by atoms with Crippen molar-refractivity contribution in [2.24, 2.45) is 0 Å². The predicted molar refractivity (Wildman–Crippen MR) is 143 cm³/mol. The smallest absolute Gasteiger partial charge is 0.337 e. The maximum Gasteiger partial charge on any atom is 0.337 e. The molecule has 0 amide bonds. The third-order valence-corrected chi connectivity index (χ3v) is 6.58. The van der Waals surface area contributed by atoms with Crippen LogP contribution in [0.3, 0.4) is 0 Å². The monoisotopic (exact) mass is 493 g/mol. The Kier molecular flexibility index (Phi) is 6.56. The van der Waals surface area contributed by atoms with Crippen molar-refractivity contribution < 1.29 is 9.90 Å². The van der Waals surface area contributed by atoms with E-state index in [9.17, 15) is 15.2 Å². The Labute approximate surface area is 215 Å². The molecule has 9 heteroatoms. The Morgan fingerprint density at radius 3 is 2.49 bits per heavy atom. The lowest BCUT2D eigenvalue weighted by Gasteiger charge is -2.36. The van der Waals surface area contributed by atoms with Gasteiger partial charge in [0.05, 0.1) is 22.6 Å². The molecule has 4 aromatic rings. The van der Waals surface area contributed by atoms with E-state index in [0.717, 1.165) is 30.0 Å². The minimum Gasteiger partial charge on any atom is -0.478 e. The van der Waals surface area contributed by atoms with Crippen molar-refractivity contribution in [3.05, 3.63) is 83.2 Å². The molecule has 9 nitrogen and oxygen atoms in total. The first-order valence-corrected chi connectivity index (χ1v) is 12.2. The molecular weight excluding hydrogens is 466 g/mol. The molecule has 37 heavy (non-hydrogen) atoms. The van der Waals surface area contributed by atoms with Crippen molar-refractivity contribution in [2.75, 3.05) is 41.3 Å². The number of anilines is 3. The zero-order valence-electron chi connectivity index (χ0n) is 20.7. The highest BCUT2D eigenvalue weighted by molar-refractivity contribution is 5.94. The molecule has 1 fully saturated rings. The molecule has 2 aromatic heterocycles. The van der Waals surface area contributed by atoms with Gasteiger partial charge in [-0.05, 0) is 49.7 Å². The number of para-hydroxylation sites is 1. The van der Waals surface area contributed by atoms with Gasteiger partial charge in [0.25, 0.3) is 0 Å². The second kappa shape index (κ2) is 10.1. The van der Waals surface area contributed by atoms with E-state index in [2.05, 4.69) is 31.2 Å². The molecule has 0 radical (unpaired) electrons. The Bertz CT molecular complexity index is 1490. The highest BCUT2D eigenvalue weighted by atomic mass is 16.4. The van der Waals surface area contributed by atoms with Crippen molar-refractivity contribution in [2.45, 2.75) is 19.9 Å². The fourth-order valence-electron chi connectivity index (χ4n) is 4.74. The SMILES string of the molecule is Cc1cc([C@@H](C)Nc2ccccc2C(=O)O)c2nc(N3CCN(c4ccccn4)CC3)c(C#N)nc2c1. The molecule has 0 bridgehead atoms. The van der Waals surface area contributed by atoms with Crippen LogP contribution in [0.25, 0.3) is 11.0 Å². The number of rotatable bonds is 6. The fourth-order valence-corrected chi connectivity index (χ4v) is 4.74. The van der Waals surface area contributed by atoms with Crippen LogP contribution in [0.4, 0.5) is 17.3 Å². The molecule has 3 heterocycles. The Hall–Kier alpha value is -4.71. The number of piperazine rings is 1. The second-order valence-corrected chi connectivity index (χ2v) is 9.11. The molecule has 0 saturated carbocycles. The molecule has 2 N–H and O–H groups in total. The lowest BCUT2D eigenvalue weighted by atomic mass is 10.0. The number of hydrogen-bond acceptors (Lipinski definition) is 8.